The maximum atomic E-state index is 15.5. The quantitative estimate of drug-likeness (QED) is 0.255. The Labute approximate surface area is 242 Å². The summed E-state index contributed by atoms with van der Waals surface area (Å²) in [7, 11) is 0. The standard InChI is InChI=1S/C31H31FN8O2/c32-26-16-24(42-23-6-2-1-3-7-23)8-9-25(26)28-27-29(34)36-19-37-30(27)40(38-28)22-5-4-14-39(18-22)31(41)21(17-33)15-20-10-12-35-13-11-20/h1-3,6-9,15-16,19-20,22,35H,4-5,10-14,18H2,(H2,34,36,37)/b21-15+/t22-/m1/s1. The average Bonchev–Trinajstić information content (AvgIpc) is 3.41. The summed E-state index contributed by atoms with van der Waals surface area (Å²) < 4.78 is 23.0. The van der Waals surface area contributed by atoms with Crippen LogP contribution in [0, 0.1) is 23.1 Å². The van der Waals surface area contributed by atoms with E-state index >= 15 is 4.39 Å². The Morgan fingerprint density at radius 1 is 1.12 bits per heavy atom. The summed E-state index contributed by atoms with van der Waals surface area (Å²) in [5.74, 6) is 0.543. The molecular weight excluding hydrogens is 535 g/mol. The highest BCUT2D eigenvalue weighted by Gasteiger charge is 2.31. The van der Waals surface area contributed by atoms with Crippen LogP contribution in [0.25, 0.3) is 22.3 Å². The average molecular weight is 567 g/mol. The van der Waals surface area contributed by atoms with Crippen LogP contribution >= 0.6 is 0 Å². The molecule has 0 bridgehead atoms. The molecule has 2 aromatic carbocycles. The van der Waals surface area contributed by atoms with Gasteiger partial charge in [-0.3, -0.25) is 4.79 Å². The van der Waals surface area contributed by atoms with Crippen LogP contribution in [0.15, 0.2) is 66.5 Å². The second kappa shape index (κ2) is 12.0. The summed E-state index contributed by atoms with van der Waals surface area (Å²) in [6.07, 6.45) is 6.44. The molecule has 214 valence electrons. The molecule has 2 aromatic heterocycles. The lowest BCUT2D eigenvalue weighted by Crippen LogP contribution is -2.41. The molecule has 1 amide bonds. The SMILES string of the molecule is N#C/C(=C\C1CCNCC1)C(=O)N1CCC[C@@H](n2nc(-c3ccc(Oc4ccccc4)cc3F)c3c(N)ncnc32)C1. The molecule has 0 aliphatic carbocycles. The van der Waals surface area contributed by atoms with Crippen molar-refractivity contribution in [2.45, 2.75) is 31.7 Å². The number of hydrogen-bond donors (Lipinski definition) is 2. The molecule has 2 fully saturated rings. The first-order valence-electron chi connectivity index (χ1n) is 14.1. The number of likely N-dealkylation sites (tertiary alicyclic amines) is 1. The third-order valence-corrected chi connectivity index (χ3v) is 7.86. The zero-order chi connectivity index (χ0) is 29.1. The first kappa shape index (κ1) is 27.4. The number of benzene rings is 2. The highest BCUT2D eigenvalue weighted by atomic mass is 19.1. The molecule has 42 heavy (non-hydrogen) atoms. The van der Waals surface area contributed by atoms with Crippen molar-refractivity contribution in [1.82, 2.24) is 30.0 Å². The van der Waals surface area contributed by atoms with Crippen molar-refractivity contribution in [1.29, 1.82) is 5.26 Å². The Morgan fingerprint density at radius 2 is 1.93 bits per heavy atom. The van der Waals surface area contributed by atoms with Gasteiger partial charge in [0.25, 0.3) is 5.91 Å². The van der Waals surface area contributed by atoms with Crippen LogP contribution in [0.5, 0.6) is 11.5 Å². The minimum Gasteiger partial charge on any atom is -0.457 e. The summed E-state index contributed by atoms with van der Waals surface area (Å²) in [4.78, 5) is 23.7. The van der Waals surface area contributed by atoms with Crippen LogP contribution < -0.4 is 15.8 Å². The van der Waals surface area contributed by atoms with Crippen molar-refractivity contribution >= 4 is 22.8 Å². The molecule has 2 aliphatic heterocycles. The second-order valence-electron chi connectivity index (χ2n) is 10.6. The molecule has 10 nitrogen and oxygen atoms in total. The molecule has 11 heteroatoms. The molecule has 0 radical (unpaired) electrons. The van der Waals surface area contributed by atoms with E-state index in [0.717, 1.165) is 38.8 Å². The van der Waals surface area contributed by atoms with Gasteiger partial charge in [0.2, 0.25) is 0 Å². The fourth-order valence-corrected chi connectivity index (χ4v) is 5.73. The summed E-state index contributed by atoms with van der Waals surface area (Å²) in [5, 5.41) is 18.3. The number of piperidine rings is 2. The number of carbonyl (C=O) groups excluding carboxylic acids is 1. The molecule has 2 saturated heterocycles. The summed E-state index contributed by atoms with van der Waals surface area (Å²) in [6.45, 7) is 2.64. The molecule has 4 heterocycles. The van der Waals surface area contributed by atoms with Crippen molar-refractivity contribution in [3.8, 4) is 28.8 Å². The number of fused-ring (bicyclic) bond motifs is 1. The van der Waals surface area contributed by atoms with Gasteiger partial charge in [0.05, 0.1) is 11.4 Å². The number of nitrogens with one attached hydrogen (secondary N) is 1. The van der Waals surface area contributed by atoms with Crippen LogP contribution in [0.2, 0.25) is 0 Å². The Kier molecular flexibility index (Phi) is 7.79. The van der Waals surface area contributed by atoms with E-state index in [1.54, 1.807) is 33.8 Å². The summed E-state index contributed by atoms with van der Waals surface area (Å²) in [5.41, 5.74) is 7.48. The van der Waals surface area contributed by atoms with Crippen LogP contribution in [-0.2, 0) is 4.79 Å². The zero-order valence-electron chi connectivity index (χ0n) is 23.0. The molecule has 0 saturated carbocycles. The smallest absolute Gasteiger partial charge is 0.264 e. The van der Waals surface area contributed by atoms with Crippen molar-refractivity contribution in [2.24, 2.45) is 5.92 Å². The number of nitriles is 1. The largest absolute Gasteiger partial charge is 0.457 e. The van der Waals surface area contributed by atoms with Crippen molar-refractivity contribution in [3.63, 3.8) is 0 Å². The number of anilines is 1. The molecule has 6 rings (SSSR count). The van der Waals surface area contributed by atoms with Gasteiger partial charge in [-0.15, -0.1) is 0 Å². The predicted octanol–water partition coefficient (Wildman–Crippen LogP) is 4.62. The van der Waals surface area contributed by atoms with Gasteiger partial charge in [-0.05, 0) is 69.0 Å². The fraction of sp³-hybridized carbons (Fsp3) is 0.323. The number of para-hydroxylation sites is 1. The summed E-state index contributed by atoms with van der Waals surface area (Å²) >= 11 is 0. The van der Waals surface area contributed by atoms with Gasteiger partial charge in [0, 0.05) is 24.7 Å². The topological polar surface area (TPSA) is 135 Å². The third kappa shape index (κ3) is 5.53. The Bertz CT molecular complexity index is 1670. The lowest BCUT2D eigenvalue weighted by molar-refractivity contribution is -0.128. The van der Waals surface area contributed by atoms with Crippen molar-refractivity contribution in [3.05, 3.63) is 72.3 Å². The number of nitrogens with zero attached hydrogens (tertiary/aromatic N) is 6. The van der Waals surface area contributed by atoms with E-state index in [9.17, 15) is 10.1 Å². The number of rotatable bonds is 6. The first-order chi connectivity index (χ1) is 20.5. The number of allylic oxidation sites excluding steroid dienone is 1. The molecule has 1 atom stereocenters. The third-order valence-electron chi connectivity index (χ3n) is 7.86. The van der Waals surface area contributed by atoms with Crippen LogP contribution in [0.3, 0.4) is 0 Å². The first-order valence-corrected chi connectivity index (χ1v) is 14.1. The maximum absolute atomic E-state index is 15.5. The maximum Gasteiger partial charge on any atom is 0.264 e. The molecule has 0 spiro atoms. The lowest BCUT2D eigenvalue weighted by atomic mass is 9.95. The van der Waals surface area contributed by atoms with Gasteiger partial charge in [-0.1, -0.05) is 24.3 Å². The van der Waals surface area contributed by atoms with Crippen LogP contribution in [0.4, 0.5) is 10.2 Å². The van der Waals surface area contributed by atoms with Gasteiger partial charge < -0.3 is 20.7 Å². The summed E-state index contributed by atoms with van der Waals surface area (Å²) in [6, 6.07) is 15.6. The second-order valence-corrected chi connectivity index (χ2v) is 10.6. The Balaban J connectivity index is 1.29. The van der Waals surface area contributed by atoms with E-state index < -0.39 is 5.82 Å². The monoisotopic (exact) mass is 566 g/mol. The number of halogens is 1. The van der Waals surface area contributed by atoms with E-state index in [1.165, 1.54) is 12.4 Å². The molecule has 0 unspecified atom stereocenters. The highest BCUT2D eigenvalue weighted by Crippen LogP contribution is 2.36. The number of nitrogen functional groups attached to an aromatic ring is 1. The number of ether oxygens (including phenoxy) is 1. The zero-order valence-corrected chi connectivity index (χ0v) is 23.0. The normalized spacial score (nSPS) is 18.1. The molecule has 2 aliphatic rings. The lowest BCUT2D eigenvalue weighted by Gasteiger charge is -2.33. The van der Waals surface area contributed by atoms with Crippen molar-refractivity contribution in [2.75, 3.05) is 31.9 Å². The molecule has 4 aromatic rings. The predicted molar refractivity (Wildman–Crippen MR) is 156 cm³/mol. The van der Waals surface area contributed by atoms with Gasteiger partial charge in [0.1, 0.15) is 46.8 Å². The van der Waals surface area contributed by atoms with E-state index in [1.807, 2.05) is 24.3 Å². The van der Waals surface area contributed by atoms with Gasteiger partial charge in [0.15, 0.2) is 5.65 Å². The number of hydrogen-bond acceptors (Lipinski definition) is 8. The van der Waals surface area contributed by atoms with E-state index in [0.29, 0.717) is 41.3 Å². The highest BCUT2D eigenvalue weighted by molar-refractivity contribution is 5.99. The van der Waals surface area contributed by atoms with Gasteiger partial charge in [-0.2, -0.15) is 10.4 Å². The molecular formula is C31H31FN8O2. The Morgan fingerprint density at radius 3 is 2.69 bits per heavy atom. The van der Waals surface area contributed by atoms with Gasteiger partial charge in [-0.25, -0.2) is 19.0 Å². The van der Waals surface area contributed by atoms with Crippen molar-refractivity contribution < 1.29 is 13.9 Å². The fourth-order valence-electron chi connectivity index (χ4n) is 5.73. The van der Waals surface area contributed by atoms with Crippen LogP contribution in [0.1, 0.15) is 31.7 Å². The minimum atomic E-state index is -0.527. The van der Waals surface area contributed by atoms with E-state index in [4.69, 9.17) is 15.6 Å². The number of carbonyl (C=O) groups is 1. The minimum absolute atomic E-state index is 0.181. The number of aromatic nitrogens is 4. The molecule has 3 N–H and O–H groups in total. The van der Waals surface area contributed by atoms with E-state index in [-0.39, 0.29) is 34.8 Å². The Hall–Kier alpha value is -4.82. The number of nitrogens with two attached hydrogens (primary N) is 1. The van der Waals surface area contributed by atoms with Crippen LogP contribution in [-0.4, -0.2) is 56.7 Å². The van der Waals surface area contributed by atoms with Gasteiger partial charge >= 0.3 is 0 Å². The van der Waals surface area contributed by atoms with E-state index in [2.05, 4.69) is 21.4 Å². The number of amides is 1.